The summed E-state index contributed by atoms with van der Waals surface area (Å²) >= 11 is 0. The van der Waals surface area contributed by atoms with Crippen molar-refractivity contribution in [2.75, 3.05) is 47.5 Å². The number of esters is 2. The Morgan fingerprint density at radius 1 is 0.742 bits per heavy atom. The largest absolute Gasteiger partial charge is 0.756 e. The first-order chi connectivity index (χ1) is 29.7. The fourth-order valence-corrected chi connectivity index (χ4v) is 7.78. The molecule has 0 amide bonds. The summed E-state index contributed by atoms with van der Waals surface area (Å²) in [5, 5.41) is 31.5. The van der Waals surface area contributed by atoms with E-state index in [-0.39, 0.29) is 44.3 Å². The molecule has 0 aromatic rings. The van der Waals surface area contributed by atoms with Gasteiger partial charge in [-0.1, -0.05) is 139 Å². The first-order valence-corrected chi connectivity index (χ1v) is 25.2. The molecule has 7 atom stereocenters. The smallest absolute Gasteiger partial charge is 0.310 e. The minimum Gasteiger partial charge on any atom is -0.756 e. The second kappa shape index (κ2) is 35.9. The molecule has 1 fully saturated rings. The molecule has 0 saturated heterocycles. The molecule has 0 bridgehead atoms. The molecule has 0 aromatic carbocycles. The van der Waals surface area contributed by atoms with Crippen LogP contribution < -0.4 is 4.89 Å². The van der Waals surface area contributed by atoms with Crippen LogP contribution in [0.2, 0.25) is 0 Å². The van der Waals surface area contributed by atoms with Crippen LogP contribution in [0.15, 0.2) is 60.8 Å². The van der Waals surface area contributed by atoms with E-state index in [9.17, 15) is 34.4 Å². The molecule has 1 rings (SSSR count). The lowest BCUT2D eigenvalue weighted by Crippen LogP contribution is -2.37. The molecular weight excluding hydrogens is 810 g/mol. The number of nitrogens with zero attached hydrogens (tertiary/aromatic N) is 1. The predicted molar refractivity (Wildman–Crippen MR) is 247 cm³/mol. The first kappa shape index (κ1) is 57.6. The van der Waals surface area contributed by atoms with E-state index in [4.69, 9.17) is 18.5 Å². The van der Waals surface area contributed by atoms with E-state index in [1.807, 2.05) is 21.1 Å². The van der Waals surface area contributed by atoms with Gasteiger partial charge in [-0.3, -0.25) is 14.2 Å². The molecule has 0 heterocycles. The summed E-state index contributed by atoms with van der Waals surface area (Å²) in [7, 11) is 0.954. The van der Waals surface area contributed by atoms with Gasteiger partial charge < -0.3 is 43.2 Å². The number of phosphoric ester groups is 1. The Bertz CT molecular complexity index is 1360. The Kier molecular flexibility index (Phi) is 33.3. The van der Waals surface area contributed by atoms with Gasteiger partial charge in [-0.15, -0.1) is 0 Å². The average Bonchev–Trinajstić information content (AvgIpc) is 3.48. The van der Waals surface area contributed by atoms with E-state index in [0.717, 1.165) is 70.6 Å². The Balaban J connectivity index is 2.50. The van der Waals surface area contributed by atoms with Gasteiger partial charge in [0.05, 0.1) is 52.5 Å². The van der Waals surface area contributed by atoms with Crippen molar-refractivity contribution in [3.05, 3.63) is 60.8 Å². The number of carbonyl (C=O) groups excluding carboxylic acids is 2. The van der Waals surface area contributed by atoms with Crippen LogP contribution in [0.4, 0.5) is 0 Å². The maximum Gasteiger partial charge on any atom is 0.310 e. The number of rotatable bonds is 38. The standard InChI is InChI=1S/C49H86NO11P/c1-6-8-10-11-12-13-14-15-16-17-18-19-20-21-22-23-24-25-26-28-33-48(54)58-40-43(41-60-62(56,57)59-38-37-50(3,4)5)61-49(55)34-30-29-32-44-45(47(53)39-46(44)52)36-35-42(51)31-27-9-7-2/h13-14,16-17,19-20,29-30,35-36,42-47,51-53H,6-12,15,18,21-28,31-34,37-41H2,1-5H3/b14-13-,17-16-,20-19-,30-29-,36-35+/t42-,43-,44+,45-,46+,47-/m1/s1. The number of ether oxygens (including phenoxy) is 2. The predicted octanol–water partition coefficient (Wildman–Crippen LogP) is 9.38. The lowest BCUT2D eigenvalue weighted by molar-refractivity contribution is -0.870. The van der Waals surface area contributed by atoms with Gasteiger partial charge in [0.15, 0.2) is 6.10 Å². The lowest BCUT2D eigenvalue weighted by Gasteiger charge is -2.28. The molecule has 1 aliphatic carbocycles. The van der Waals surface area contributed by atoms with Crippen molar-refractivity contribution < 1.29 is 57.4 Å². The minimum absolute atomic E-state index is 0.0932. The number of unbranched alkanes of at least 4 members (excludes halogenated alkanes) is 12. The second-order valence-corrected chi connectivity index (χ2v) is 19.2. The zero-order valence-electron chi connectivity index (χ0n) is 39.1. The Morgan fingerprint density at radius 2 is 1.34 bits per heavy atom. The number of phosphoric acid groups is 1. The highest BCUT2D eigenvalue weighted by molar-refractivity contribution is 7.45. The van der Waals surface area contributed by atoms with Crippen molar-refractivity contribution in [3.8, 4) is 0 Å². The summed E-state index contributed by atoms with van der Waals surface area (Å²) in [5.74, 6) is -1.80. The fraction of sp³-hybridized carbons (Fsp3) is 0.755. The summed E-state index contributed by atoms with van der Waals surface area (Å²) in [6.07, 6.45) is 36.6. The molecule has 1 unspecified atom stereocenters. The minimum atomic E-state index is -4.73. The third-order valence-electron chi connectivity index (χ3n) is 10.9. The van der Waals surface area contributed by atoms with Crippen molar-refractivity contribution in [1.29, 1.82) is 0 Å². The number of carbonyl (C=O) groups is 2. The molecule has 1 saturated carbocycles. The number of allylic oxidation sites excluding steroid dienone is 7. The topological polar surface area (TPSA) is 172 Å². The van der Waals surface area contributed by atoms with Crippen molar-refractivity contribution >= 4 is 19.8 Å². The average molecular weight is 896 g/mol. The maximum absolute atomic E-state index is 12.8. The molecule has 13 heteroatoms. The SMILES string of the molecule is CCCCCC/C=C\C/C=C\C/C=C\CCCCCCCCC(=O)OC[C@H](COP(=O)([O-])OCC[N+](C)(C)C)OC(=O)C/C=C\C[C@H]1[C@@H](/C=C/[C@H](O)CCCCC)[C@H](O)C[C@@H]1O. The second-order valence-electron chi connectivity index (χ2n) is 17.8. The van der Waals surface area contributed by atoms with Crippen molar-refractivity contribution in [1.82, 2.24) is 0 Å². The van der Waals surface area contributed by atoms with Crippen LogP contribution in [0, 0.1) is 11.8 Å². The molecule has 0 radical (unpaired) electrons. The van der Waals surface area contributed by atoms with E-state index in [0.29, 0.717) is 30.3 Å². The highest BCUT2D eigenvalue weighted by atomic mass is 31.2. The number of aliphatic hydroxyl groups is 3. The van der Waals surface area contributed by atoms with Crippen molar-refractivity contribution in [2.45, 2.75) is 180 Å². The number of aliphatic hydroxyl groups excluding tert-OH is 3. The van der Waals surface area contributed by atoms with Crippen molar-refractivity contribution in [3.63, 3.8) is 0 Å². The third-order valence-corrected chi connectivity index (χ3v) is 11.8. The molecule has 62 heavy (non-hydrogen) atoms. The van der Waals surface area contributed by atoms with Gasteiger partial charge in [-0.25, -0.2) is 0 Å². The highest BCUT2D eigenvalue weighted by Gasteiger charge is 2.39. The number of hydrogen-bond acceptors (Lipinski definition) is 11. The monoisotopic (exact) mass is 896 g/mol. The van der Waals surface area contributed by atoms with Gasteiger partial charge in [0.2, 0.25) is 0 Å². The van der Waals surface area contributed by atoms with Gasteiger partial charge in [0.1, 0.15) is 19.8 Å². The van der Waals surface area contributed by atoms with Gasteiger partial charge in [0.25, 0.3) is 7.82 Å². The summed E-state index contributed by atoms with van der Waals surface area (Å²) in [4.78, 5) is 37.9. The number of likely N-dealkylation sites (N-methyl/N-ethyl adjacent to an activating group) is 1. The number of quaternary nitrogens is 1. The highest BCUT2D eigenvalue weighted by Crippen LogP contribution is 2.38. The van der Waals surface area contributed by atoms with Crippen LogP contribution in [0.5, 0.6) is 0 Å². The van der Waals surface area contributed by atoms with Gasteiger partial charge in [0, 0.05) is 18.8 Å². The molecule has 1 aliphatic rings. The van der Waals surface area contributed by atoms with E-state index in [1.165, 1.54) is 32.1 Å². The quantitative estimate of drug-likeness (QED) is 0.0177. The van der Waals surface area contributed by atoms with Crippen LogP contribution in [-0.4, -0.2) is 104 Å². The van der Waals surface area contributed by atoms with Crippen LogP contribution in [-0.2, 0) is 32.7 Å². The van der Waals surface area contributed by atoms with Gasteiger partial charge in [-0.2, -0.15) is 0 Å². The van der Waals surface area contributed by atoms with E-state index in [1.54, 1.807) is 24.3 Å². The molecule has 0 aliphatic heterocycles. The molecule has 0 spiro atoms. The first-order valence-electron chi connectivity index (χ1n) is 23.8. The molecule has 358 valence electrons. The molecular formula is C49H86NO11P. The summed E-state index contributed by atoms with van der Waals surface area (Å²) in [5.41, 5.74) is 0. The molecule has 3 N–H and O–H groups in total. The summed E-state index contributed by atoms with van der Waals surface area (Å²) in [6.45, 7) is 3.70. The van der Waals surface area contributed by atoms with Crippen LogP contribution >= 0.6 is 7.82 Å². The summed E-state index contributed by atoms with van der Waals surface area (Å²) in [6, 6.07) is 0. The van der Waals surface area contributed by atoms with E-state index in [2.05, 4.69) is 50.3 Å². The maximum atomic E-state index is 12.8. The van der Waals surface area contributed by atoms with Crippen LogP contribution in [0.25, 0.3) is 0 Å². The van der Waals surface area contributed by atoms with Crippen LogP contribution in [0.3, 0.4) is 0 Å². The fourth-order valence-electron chi connectivity index (χ4n) is 7.05. The lowest BCUT2D eigenvalue weighted by atomic mass is 9.89. The summed E-state index contributed by atoms with van der Waals surface area (Å²) < 4.78 is 33.8. The Hall–Kier alpha value is -2.41. The van der Waals surface area contributed by atoms with Gasteiger partial charge in [-0.05, 0) is 63.7 Å². The molecule has 0 aromatic heterocycles. The molecule has 12 nitrogen and oxygen atoms in total. The number of hydrogen-bond donors (Lipinski definition) is 3. The van der Waals surface area contributed by atoms with Gasteiger partial charge >= 0.3 is 11.9 Å². The van der Waals surface area contributed by atoms with Crippen LogP contribution in [0.1, 0.15) is 155 Å². The third kappa shape index (κ3) is 32.3. The normalized spacial score (nSPS) is 20.6. The zero-order valence-corrected chi connectivity index (χ0v) is 40.0. The van der Waals surface area contributed by atoms with E-state index >= 15 is 0 Å². The zero-order chi connectivity index (χ0) is 45.9. The Morgan fingerprint density at radius 3 is 1.98 bits per heavy atom. The van der Waals surface area contributed by atoms with Crippen molar-refractivity contribution in [2.24, 2.45) is 11.8 Å². The Labute approximate surface area is 375 Å². The van der Waals surface area contributed by atoms with E-state index < -0.39 is 50.8 Å².